The van der Waals surface area contributed by atoms with Crippen LogP contribution in [0.3, 0.4) is 0 Å². The molecule has 0 heterocycles. The number of fused-ring (bicyclic) bond motifs is 1. The number of nitrogens with one attached hydrogen (secondary N) is 1. The molecule has 26 heavy (non-hydrogen) atoms. The van der Waals surface area contributed by atoms with Gasteiger partial charge in [0, 0.05) is 6.54 Å². The Labute approximate surface area is 156 Å². The summed E-state index contributed by atoms with van der Waals surface area (Å²) in [5.41, 5.74) is 6.83. The third-order valence-corrected chi connectivity index (χ3v) is 5.09. The normalized spacial score (nSPS) is 13.7. The van der Waals surface area contributed by atoms with E-state index in [2.05, 4.69) is 37.4 Å². The van der Waals surface area contributed by atoms with Gasteiger partial charge < -0.3 is 10.1 Å². The van der Waals surface area contributed by atoms with E-state index in [1.54, 1.807) is 0 Å². The maximum absolute atomic E-state index is 12.9. The molecule has 2 aromatic rings. The van der Waals surface area contributed by atoms with Crippen molar-refractivity contribution in [3.05, 3.63) is 70.5 Å². The zero-order valence-electron chi connectivity index (χ0n) is 15.8. The number of likely N-dealkylation sites (N-methyl/N-ethyl adjacent to an activating group) is 1. The predicted molar refractivity (Wildman–Crippen MR) is 106 cm³/mol. The molecule has 0 atom stereocenters. The van der Waals surface area contributed by atoms with Crippen molar-refractivity contribution >= 4 is 5.57 Å². The number of hydrogen-bond acceptors (Lipinski definition) is 2. The number of benzene rings is 2. The summed E-state index contributed by atoms with van der Waals surface area (Å²) in [6.07, 6.45) is 4.04. The molecule has 138 valence electrons. The first-order valence-electron chi connectivity index (χ1n) is 9.57. The van der Waals surface area contributed by atoms with Gasteiger partial charge in [-0.1, -0.05) is 30.7 Å². The van der Waals surface area contributed by atoms with Gasteiger partial charge in [-0.05, 0) is 85.7 Å². The second-order valence-electron chi connectivity index (χ2n) is 6.91. The van der Waals surface area contributed by atoms with Crippen LogP contribution in [0.2, 0.25) is 0 Å². The van der Waals surface area contributed by atoms with E-state index in [0.29, 0.717) is 6.61 Å². The summed E-state index contributed by atoms with van der Waals surface area (Å²) in [6.45, 7) is 7.05. The summed E-state index contributed by atoms with van der Waals surface area (Å²) in [5.74, 6) is 0.767. The van der Waals surface area contributed by atoms with Crippen molar-refractivity contribution in [2.75, 3.05) is 19.7 Å². The lowest BCUT2D eigenvalue weighted by molar-refractivity contribution is 0.310. The van der Waals surface area contributed by atoms with Crippen molar-refractivity contribution in [3.8, 4) is 5.75 Å². The number of ether oxygens (including phenoxy) is 1. The van der Waals surface area contributed by atoms with Crippen LogP contribution >= 0.6 is 0 Å². The minimum absolute atomic E-state index is 0.183. The Morgan fingerprint density at radius 1 is 1.08 bits per heavy atom. The molecule has 2 aromatic carbocycles. The maximum atomic E-state index is 12.9. The molecule has 3 rings (SSSR count). The topological polar surface area (TPSA) is 21.3 Å². The van der Waals surface area contributed by atoms with Crippen LogP contribution in [0.15, 0.2) is 48.0 Å². The Bertz CT molecular complexity index is 764. The van der Waals surface area contributed by atoms with Crippen LogP contribution in [0.4, 0.5) is 4.39 Å². The first-order valence-corrected chi connectivity index (χ1v) is 9.57. The molecular formula is C23H28FNO. The van der Waals surface area contributed by atoms with E-state index in [4.69, 9.17) is 4.74 Å². The van der Waals surface area contributed by atoms with Gasteiger partial charge in [0.2, 0.25) is 0 Å². The molecular weight excluding hydrogens is 325 g/mol. The van der Waals surface area contributed by atoms with Crippen molar-refractivity contribution in [1.82, 2.24) is 5.32 Å². The Hall–Kier alpha value is -2.13. The smallest absolute Gasteiger partial charge is 0.123 e. The van der Waals surface area contributed by atoms with Crippen molar-refractivity contribution in [3.63, 3.8) is 0 Å². The number of hydrogen-bond donors (Lipinski definition) is 1. The summed E-state index contributed by atoms with van der Waals surface area (Å²) < 4.78 is 18.9. The summed E-state index contributed by atoms with van der Waals surface area (Å²) in [7, 11) is 0. The van der Waals surface area contributed by atoms with E-state index < -0.39 is 0 Å². The summed E-state index contributed by atoms with van der Waals surface area (Å²) in [5, 5.41) is 3.44. The fourth-order valence-corrected chi connectivity index (χ4v) is 3.51. The van der Waals surface area contributed by atoms with E-state index in [1.807, 2.05) is 12.1 Å². The minimum Gasteiger partial charge on any atom is -0.494 e. The first kappa shape index (κ1) is 18.7. The molecule has 1 aliphatic rings. The van der Waals surface area contributed by atoms with E-state index in [9.17, 15) is 4.39 Å². The summed E-state index contributed by atoms with van der Waals surface area (Å²) >= 11 is 0. The Morgan fingerprint density at radius 2 is 1.88 bits per heavy atom. The largest absolute Gasteiger partial charge is 0.494 e. The molecule has 0 saturated heterocycles. The molecule has 0 radical (unpaired) electrons. The zero-order chi connectivity index (χ0) is 18.4. The van der Waals surface area contributed by atoms with Crippen molar-refractivity contribution in [2.45, 2.75) is 39.5 Å². The van der Waals surface area contributed by atoms with E-state index in [1.165, 1.54) is 34.4 Å². The van der Waals surface area contributed by atoms with Gasteiger partial charge in [0.1, 0.15) is 11.6 Å². The highest BCUT2D eigenvalue weighted by atomic mass is 19.1. The highest BCUT2D eigenvalue weighted by Crippen LogP contribution is 2.33. The van der Waals surface area contributed by atoms with Crippen molar-refractivity contribution < 1.29 is 9.13 Å². The molecule has 0 aromatic heterocycles. The highest BCUT2D eigenvalue weighted by molar-refractivity contribution is 5.72. The van der Waals surface area contributed by atoms with Gasteiger partial charge in [-0.25, -0.2) is 4.39 Å². The second-order valence-corrected chi connectivity index (χ2v) is 6.91. The van der Waals surface area contributed by atoms with Crippen LogP contribution in [-0.4, -0.2) is 19.7 Å². The molecule has 0 spiro atoms. The molecule has 0 aliphatic heterocycles. The number of halogens is 1. The maximum Gasteiger partial charge on any atom is 0.123 e. The van der Waals surface area contributed by atoms with Crippen LogP contribution < -0.4 is 10.1 Å². The SMILES string of the molecule is CCNCC1=C(C)c2ccc(OCCCc3ccc(F)cc3)cc2CC1. The standard InChI is InChI=1S/C23H28FNO/c1-3-25-16-20-9-8-19-15-22(12-13-23(19)17(20)2)26-14-4-5-18-6-10-21(24)11-7-18/h6-7,10-13,15,25H,3-5,8-9,14,16H2,1-2H3. The summed E-state index contributed by atoms with van der Waals surface area (Å²) in [4.78, 5) is 0. The fourth-order valence-electron chi connectivity index (χ4n) is 3.51. The monoisotopic (exact) mass is 353 g/mol. The van der Waals surface area contributed by atoms with E-state index in [-0.39, 0.29) is 5.82 Å². The second kappa shape index (κ2) is 9.00. The molecule has 1 aliphatic carbocycles. The molecule has 0 saturated carbocycles. The van der Waals surface area contributed by atoms with Crippen LogP contribution in [0, 0.1) is 5.82 Å². The Morgan fingerprint density at radius 3 is 2.65 bits per heavy atom. The molecule has 0 bridgehead atoms. The lowest BCUT2D eigenvalue weighted by atomic mass is 9.86. The van der Waals surface area contributed by atoms with Crippen LogP contribution in [0.5, 0.6) is 5.75 Å². The van der Waals surface area contributed by atoms with Crippen molar-refractivity contribution in [1.29, 1.82) is 0 Å². The molecule has 0 unspecified atom stereocenters. The van der Waals surface area contributed by atoms with Crippen LogP contribution in [-0.2, 0) is 12.8 Å². The van der Waals surface area contributed by atoms with Gasteiger partial charge in [-0.15, -0.1) is 0 Å². The molecule has 1 N–H and O–H groups in total. The average molecular weight is 353 g/mol. The van der Waals surface area contributed by atoms with Crippen molar-refractivity contribution in [2.24, 2.45) is 0 Å². The van der Waals surface area contributed by atoms with Crippen LogP contribution in [0.1, 0.15) is 43.4 Å². The third kappa shape index (κ3) is 4.73. The van der Waals surface area contributed by atoms with Gasteiger partial charge in [0.15, 0.2) is 0 Å². The van der Waals surface area contributed by atoms with Gasteiger partial charge in [0.25, 0.3) is 0 Å². The van der Waals surface area contributed by atoms with Gasteiger partial charge >= 0.3 is 0 Å². The zero-order valence-corrected chi connectivity index (χ0v) is 15.8. The third-order valence-electron chi connectivity index (χ3n) is 5.09. The Balaban J connectivity index is 1.54. The lowest BCUT2D eigenvalue weighted by Gasteiger charge is -2.22. The van der Waals surface area contributed by atoms with Gasteiger partial charge in [-0.2, -0.15) is 0 Å². The lowest BCUT2D eigenvalue weighted by Crippen LogP contribution is -2.19. The van der Waals surface area contributed by atoms with E-state index in [0.717, 1.165) is 50.1 Å². The highest BCUT2D eigenvalue weighted by Gasteiger charge is 2.16. The quantitative estimate of drug-likeness (QED) is 0.661. The Kier molecular flexibility index (Phi) is 6.45. The fraction of sp³-hybridized carbons (Fsp3) is 0.391. The molecule has 0 amide bonds. The summed E-state index contributed by atoms with van der Waals surface area (Å²) in [6, 6.07) is 13.2. The average Bonchev–Trinajstić information content (AvgIpc) is 2.66. The molecule has 2 nitrogen and oxygen atoms in total. The number of rotatable bonds is 8. The minimum atomic E-state index is -0.183. The van der Waals surface area contributed by atoms with Gasteiger partial charge in [-0.3, -0.25) is 0 Å². The van der Waals surface area contributed by atoms with Crippen LogP contribution in [0.25, 0.3) is 5.57 Å². The van der Waals surface area contributed by atoms with Gasteiger partial charge in [0.05, 0.1) is 6.61 Å². The number of allylic oxidation sites excluding steroid dienone is 1. The molecule has 3 heteroatoms. The number of aryl methyl sites for hydroxylation is 2. The first-order chi connectivity index (χ1) is 12.7. The van der Waals surface area contributed by atoms with E-state index >= 15 is 0 Å². The predicted octanol–water partition coefficient (Wildman–Crippen LogP) is 5.17. The molecule has 0 fully saturated rings.